The van der Waals surface area contributed by atoms with Crippen molar-refractivity contribution in [1.82, 2.24) is 9.88 Å². The number of benzene rings is 3. The average Bonchev–Trinajstić information content (AvgIpc) is 2.90. The van der Waals surface area contributed by atoms with Crippen molar-refractivity contribution in [1.29, 1.82) is 0 Å². The maximum absolute atomic E-state index is 14.1. The molecular formula is C29H29F3N4O2. The molecule has 1 atom stereocenters. The van der Waals surface area contributed by atoms with Gasteiger partial charge < -0.3 is 20.3 Å². The van der Waals surface area contributed by atoms with Crippen molar-refractivity contribution in [2.75, 3.05) is 24.3 Å². The molecule has 198 valence electrons. The summed E-state index contributed by atoms with van der Waals surface area (Å²) in [5, 5.41) is 6.95. The molecule has 0 aliphatic rings. The van der Waals surface area contributed by atoms with Crippen LogP contribution in [0.25, 0.3) is 10.9 Å². The summed E-state index contributed by atoms with van der Waals surface area (Å²) in [6.45, 7) is 2.59. The molecule has 3 aromatic carbocycles. The summed E-state index contributed by atoms with van der Waals surface area (Å²) in [5.74, 6) is -1.26. The number of nitrogens with one attached hydrogen (secondary N) is 2. The van der Waals surface area contributed by atoms with Crippen molar-refractivity contribution in [3.63, 3.8) is 0 Å². The third-order valence-electron chi connectivity index (χ3n) is 6.13. The van der Waals surface area contributed by atoms with Crippen molar-refractivity contribution >= 4 is 28.3 Å². The van der Waals surface area contributed by atoms with E-state index in [2.05, 4.69) is 15.6 Å². The van der Waals surface area contributed by atoms with Crippen LogP contribution >= 0.6 is 0 Å². The summed E-state index contributed by atoms with van der Waals surface area (Å²) < 4.78 is 46.2. The van der Waals surface area contributed by atoms with Gasteiger partial charge in [-0.15, -0.1) is 0 Å². The third-order valence-corrected chi connectivity index (χ3v) is 6.13. The highest BCUT2D eigenvalue weighted by molar-refractivity contribution is 5.92. The zero-order valence-electron chi connectivity index (χ0n) is 21.2. The van der Waals surface area contributed by atoms with Gasteiger partial charge in [0.2, 0.25) is 0 Å². The minimum atomic E-state index is -0.864. The number of nitrogens with zero attached hydrogens (tertiary/aromatic N) is 2. The number of ether oxygens (including phenoxy) is 1. The van der Waals surface area contributed by atoms with Gasteiger partial charge in [-0.25, -0.2) is 18.0 Å². The maximum atomic E-state index is 14.1. The molecule has 0 saturated carbocycles. The second-order valence-electron chi connectivity index (χ2n) is 9.04. The second-order valence-corrected chi connectivity index (χ2v) is 9.04. The summed E-state index contributed by atoms with van der Waals surface area (Å²) in [4.78, 5) is 19.1. The van der Waals surface area contributed by atoms with Crippen molar-refractivity contribution < 1.29 is 22.7 Å². The molecule has 9 heteroatoms. The Kier molecular flexibility index (Phi) is 8.68. The number of pyridine rings is 1. The molecule has 2 amide bonds. The van der Waals surface area contributed by atoms with E-state index in [1.807, 2.05) is 31.2 Å². The summed E-state index contributed by atoms with van der Waals surface area (Å²) in [6.07, 6.45) is 3.08. The van der Waals surface area contributed by atoms with Crippen molar-refractivity contribution in [3.8, 4) is 5.75 Å². The number of methoxy groups -OCH3 is 1. The number of aromatic nitrogens is 1. The fraction of sp³-hybridized carbons (Fsp3) is 0.241. The van der Waals surface area contributed by atoms with Gasteiger partial charge >= 0.3 is 6.03 Å². The summed E-state index contributed by atoms with van der Waals surface area (Å²) in [5.41, 5.74) is 2.29. The van der Waals surface area contributed by atoms with Gasteiger partial charge in [0.1, 0.15) is 23.2 Å². The van der Waals surface area contributed by atoms with Crippen molar-refractivity contribution in [2.24, 2.45) is 0 Å². The molecule has 0 aliphatic carbocycles. The molecule has 1 unspecified atom stereocenters. The van der Waals surface area contributed by atoms with Gasteiger partial charge in [-0.3, -0.25) is 4.98 Å². The molecule has 0 saturated heterocycles. The topological polar surface area (TPSA) is 66.5 Å². The normalized spacial score (nSPS) is 11.7. The van der Waals surface area contributed by atoms with Gasteiger partial charge in [-0.2, -0.15) is 0 Å². The Morgan fingerprint density at radius 2 is 1.76 bits per heavy atom. The third kappa shape index (κ3) is 6.94. The number of anilines is 2. The lowest BCUT2D eigenvalue weighted by molar-refractivity contribution is 0.207. The van der Waals surface area contributed by atoms with Crippen LogP contribution < -0.4 is 15.4 Å². The highest BCUT2D eigenvalue weighted by Gasteiger charge is 2.17. The monoisotopic (exact) mass is 522 g/mol. The van der Waals surface area contributed by atoms with Crippen LogP contribution in [-0.4, -0.2) is 35.6 Å². The summed E-state index contributed by atoms with van der Waals surface area (Å²) >= 11 is 0. The van der Waals surface area contributed by atoms with Crippen LogP contribution in [0.5, 0.6) is 5.75 Å². The predicted octanol–water partition coefficient (Wildman–Crippen LogP) is 6.98. The van der Waals surface area contributed by atoms with E-state index in [9.17, 15) is 18.0 Å². The zero-order chi connectivity index (χ0) is 27.1. The Morgan fingerprint density at radius 3 is 2.50 bits per heavy atom. The Morgan fingerprint density at radius 1 is 1.00 bits per heavy atom. The molecule has 38 heavy (non-hydrogen) atoms. The predicted molar refractivity (Wildman–Crippen MR) is 143 cm³/mol. The minimum absolute atomic E-state index is 0.0394. The molecule has 0 spiro atoms. The van der Waals surface area contributed by atoms with E-state index in [1.54, 1.807) is 25.4 Å². The molecule has 2 N–H and O–H groups in total. The fourth-order valence-corrected chi connectivity index (χ4v) is 4.17. The minimum Gasteiger partial charge on any atom is -0.497 e. The number of fused-ring (bicyclic) bond motifs is 1. The largest absolute Gasteiger partial charge is 0.497 e. The van der Waals surface area contributed by atoms with Crippen LogP contribution in [0.3, 0.4) is 0 Å². The van der Waals surface area contributed by atoms with E-state index in [0.717, 1.165) is 34.0 Å². The van der Waals surface area contributed by atoms with E-state index in [1.165, 1.54) is 23.1 Å². The lowest BCUT2D eigenvalue weighted by Gasteiger charge is -2.25. The molecular weight excluding hydrogens is 493 g/mol. The Labute approximate surface area is 219 Å². The van der Waals surface area contributed by atoms with Crippen LogP contribution in [0.15, 0.2) is 72.9 Å². The van der Waals surface area contributed by atoms with Crippen molar-refractivity contribution in [2.45, 2.75) is 32.4 Å². The SMILES string of the molecule is COc1cc(NC(C)CCCN(Cc2ccc(F)cc2)C(=O)Nc2ccc(F)cc2F)c2ncccc2c1. The number of hydrogen-bond donors (Lipinski definition) is 2. The van der Waals surface area contributed by atoms with Crippen LogP contribution in [0.2, 0.25) is 0 Å². The highest BCUT2D eigenvalue weighted by atomic mass is 19.1. The number of carbonyl (C=O) groups excluding carboxylic acids is 1. The number of hydrogen-bond acceptors (Lipinski definition) is 4. The molecule has 6 nitrogen and oxygen atoms in total. The highest BCUT2D eigenvalue weighted by Crippen LogP contribution is 2.28. The molecule has 4 rings (SSSR count). The molecule has 1 heterocycles. The summed E-state index contributed by atoms with van der Waals surface area (Å²) in [6, 6.07) is 16.0. The van der Waals surface area contributed by atoms with E-state index >= 15 is 0 Å². The quantitative estimate of drug-likeness (QED) is 0.236. The number of halogens is 3. The van der Waals surface area contributed by atoms with Crippen LogP contribution in [-0.2, 0) is 6.54 Å². The van der Waals surface area contributed by atoms with Crippen LogP contribution in [0.1, 0.15) is 25.3 Å². The van der Waals surface area contributed by atoms with E-state index in [-0.39, 0.29) is 24.1 Å². The van der Waals surface area contributed by atoms with Gasteiger partial charge in [0.25, 0.3) is 0 Å². The van der Waals surface area contributed by atoms with Gasteiger partial charge in [-0.05, 0) is 61.7 Å². The maximum Gasteiger partial charge on any atom is 0.322 e. The Hall–Kier alpha value is -4.27. The summed E-state index contributed by atoms with van der Waals surface area (Å²) in [7, 11) is 1.61. The van der Waals surface area contributed by atoms with Crippen molar-refractivity contribution in [3.05, 3.63) is 95.9 Å². The first-order valence-electron chi connectivity index (χ1n) is 12.3. The lowest BCUT2D eigenvalue weighted by Crippen LogP contribution is -2.36. The smallest absolute Gasteiger partial charge is 0.322 e. The Bertz CT molecular complexity index is 1400. The molecule has 0 radical (unpaired) electrons. The average molecular weight is 523 g/mol. The Balaban J connectivity index is 1.43. The van der Waals surface area contributed by atoms with Gasteiger partial charge in [0.15, 0.2) is 0 Å². The molecule has 0 aliphatic heterocycles. The molecule has 0 bridgehead atoms. The second kappa shape index (κ2) is 12.3. The number of rotatable bonds is 10. The van der Waals surface area contributed by atoms with E-state index in [0.29, 0.717) is 25.5 Å². The fourth-order valence-electron chi connectivity index (χ4n) is 4.17. The van der Waals surface area contributed by atoms with E-state index < -0.39 is 17.7 Å². The molecule has 0 fully saturated rings. The van der Waals surface area contributed by atoms with Crippen LogP contribution in [0, 0.1) is 17.5 Å². The first-order valence-corrected chi connectivity index (χ1v) is 12.3. The van der Waals surface area contributed by atoms with Gasteiger partial charge in [-0.1, -0.05) is 18.2 Å². The standard InChI is InChI=1S/C29H29F3N4O2/c1-19(34-27-17-24(38-2)15-21-6-3-13-33-28(21)27)5-4-14-36(18-20-7-9-22(30)10-8-20)29(37)35-26-12-11-23(31)16-25(26)32/h3,6-13,15-17,19,34H,4-5,14,18H2,1-2H3,(H,35,37). The van der Waals surface area contributed by atoms with Crippen LogP contribution in [0.4, 0.5) is 29.3 Å². The van der Waals surface area contributed by atoms with E-state index in [4.69, 9.17) is 4.74 Å². The molecule has 4 aromatic rings. The first kappa shape index (κ1) is 26.8. The lowest BCUT2D eigenvalue weighted by atomic mass is 10.1. The number of amides is 2. The first-order chi connectivity index (χ1) is 18.3. The molecule has 1 aromatic heterocycles. The zero-order valence-corrected chi connectivity index (χ0v) is 21.2. The number of carbonyl (C=O) groups is 1. The number of urea groups is 1. The van der Waals surface area contributed by atoms with Gasteiger partial charge in [0.05, 0.1) is 24.0 Å². The van der Waals surface area contributed by atoms with Gasteiger partial charge in [0, 0.05) is 42.8 Å².